The van der Waals surface area contributed by atoms with Gasteiger partial charge in [-0.1, -0.05) is 54.6 Å². The third-order valence-electron chi connectivity index (χ3n) is 5.00. The predicted octanol–water partition coefficient (Wildman–Crippen LogP) is 6.15. The highest BCUT2D eigenvalue weighted by atomic mass is 16.5. The Morgan fingerprint density at radius 2 is 1.62 bits per heavy atom. The minimum atomic E-state index is 0.227. The lowest BCUT2D eigenvalue weighted by Crippen LogP contribution is -2.12. The summed E-state index contributed by atoms with van der Waals surface area (Å²) in [6, 6.07) is 21.5. The second-order valence-corrected chi connectivity index (χ2v) is 6.56. The molecule has 26 heavy (non-hydrogen) atoms. The van der Waals surface area contributed by atoms with Gasteiger partial charge < -0.3 is 9.47 Å². The van der Waals surface area contributed by atoms with Gasteiger partial charge in [0, 0.05) is 17.9 Å². The zero-order valence-electron chi connectivity index (χ0n) is 15.4. The molecule has 0 N–H and O–H groups in total. The molecule has 0 radical (unpaired) electrons. The summed E-state index contributed by atoms with van der Waals surface area (Å²) in [5, 5.41) is 2.51. The molecule has 3 aromatic carbocycles. The van der Waals surface area contributed by atoms with E-state index in [9.17, 15) is 0 Å². The van der Waals surface area contributed by atoms with Crippen LogP contribution in [0.2, 0.25) is 0 Å². The van der Waals surface area contributed by atoms with Gasteiger partial charge in [-0.15, -0.1) is 0 Å². The van der Waals surface area contributed by atoms with Gasteiger partial charge in [0.1, 0.15) is 5.75 Å². The molecule has 2 heteroatoms. The van der Waals surface area contributed by atoms with E-state index in [1.54, 1.807) is 0 Å². The summed E-state index contributed by atoms with van der Waals surface area (Å²) in [6.45, 7) is 5.43. The molecule has 1 aliphatic rings. The molecular formula is C24H24O2. The average molecular weight is 344 g/mol. The Labute approximate surface area is 155 Å². The molecule has 132 valence electrons. The van der Waals surface area contributed by atoms with Crippen LogP contribution in [0.3, 0.4) is 0 Å². The van der Waals surface area contributed by atoms with Gasteiger partial charge >= 0.3 is 0 Å². The third kappa shape index (κ3) is 2.96. The molecule has 0 bridgehead atoms. The van der Waals surface area contributed by atoms with Gasteiger partial charge in [0.2, 0.25) is 0 Å². The van der Waals surface area contributed by atoms with Crippen LogP contribution >= 0.6 is 0 Å². The van der Waals surface area contributed by atoms with Crippen LogP contribution in [0, 0.1) is 0 Å². The predicted molar refractivity (Wildman–Crippen MR) is 108 cm³/mol. The molecule has 0 saturated carbocycles. The zero-order valence-corrected chi connectivity index (χ0v) is 15.4. The zero-order chi connectivity index (χ0) is 17.9. The standard InChI is InChI=1S/C24H24O2/c1-3-25-19-15-18-10-6-7-11-20(18)22(16-19)24-21-12-8-5-9-17(21)13-14-23(24)26-4-2/h5-15,22H,3-4,16H2,1-2H3. The number of ether oxygens (including phenoxy) is 2. The highest BCUT2D eigenvalue weighted by Gasteiger charge is 2.27. The Hall–Kier alpha value is -2.74. The fraction of sp³-hybridized carbons (Fsp3) is 0.250. The van der Waals surface area contributed by atoms with E-state index < -0.39 is 0 Å². The van der Waals surface area contributed by atoms with E-state index in [1.165, 1.54) is 27.5 Å². The summed E-state index contributed by atoms with van der Waals surface area (Å²) in [5.74, 6) is 2.25. The average Bonchev–Trinajstić information content (AvgIpc) is 2.68. The van der Waals surface area contributed by atoms with Gasteiger partial charge in [-0.25, -0.2) is 0 Å². The van der Waals surface area contributed by atoms with Crippen molar-refractivity contribution in [3.05, 3.63) is 83.1 Å². The largest absolute Gasteiger partial charge is 0.498 e. The van der Waals surface area contributed by atoms with Gasteiger partial charge in [0.05, 0.1) is 19.0 Å². The van der Waals surface area contributed by atoms with E-state index in [0.29, 0.717) is 13.2 Å². The molecule has 1 aliphatic carbocycles. The maximum atomic E-state index is 6.05. The van der Waals surface area contributed by atoms with Crippen LogP contribution in [0.5, 0.6) is 5.75 Å². The molecular weight excluding hydrogens is 320 g/mol. The van der Waals surface area contributed by atoms with Crippen molar-refractivity contribution in [2.24, 2.45) is 0 Å². The molecule has 0 aromatic heterocycles. The van der Waals surface area contributed by atoms with Crippen LogP contribution in [-0.2, 0) is 4.74 Å². The third-order valence-corrected chi connectivity index (χ3v) is 5.00. The minimum absolute atomic E-state index is 0.227. The van der Waals surface area contributed by atoms with Crippen molar-refractivity contribution in [1.82, 2.24) is 0 Å². The molecule has 1 unspecified atom stereocenters. The summed E-state index contributed by atoms with van der Waals surface area (Å²) >= 11 is 0. The van der Waals surface area contributed by atoms with Crippen molar-refractivity contribution in [2.45, 2.75) is 26.2 Å². The number of rotatable bonds is 5. The molecule has 3 aromatic rings. The van der Waals surface area contributed by atoms with Crippen LogP contribution in [-0.4, -0.2) is 13.2 Å². The monoisotopic (exact) mass is 344 g/mol. The quantitative estimate of drug-likeness (QED) is 0.552. The molecule has 0 spiro atoms. The van der Waals surface area contributed by atoms with Crippen molar-refractivity contribution in [2.75, 3.05) is 13.2 Å². The maximum absolute atomic E-state index is 6.05. The van der Waals surface area contributed by atoms with Crippen molar-refractivity contribution in [3.8, 4) is 5.75 Å². The van der Waals surface area contributed by atoms with Crippen molar-refractivity contribution in [1.29, 1.82) is 0 Å². The molecule has 4 rings (SSSR count). The van der Waals surface area contributed by atoms with E-state index in [2.05, 4.69) is 66.7 Å². The minimum Gasteiger partial charge on any atom is -0.498 e. The first-order valence-electron chi connectivity index (χ1n) is 9.38. The van der Waals surface area contributed by atoms with E-state index in [4.69, 9.17) is 9.47 Å². The van der Waals surface area contributed by atoms with Crippen molar-refractivity contribution in [3.63, 3.8) is 0 Å². The highest BCUT2D eigenvalue weighted by Crippen LogP contribution is 2.45. The summed E-state index contributed by atoms with van der Waals surface area (Å²) in [7, 11) is 0. The van der Waals surface area contributed by atoms with Crippen LogP contribution < -0.4 is 4.74 Å². The van der Waals surface area contributed by atoms with Crippen molar-refractivity contribution >= 4 is 16.8 Å². The van der Waals surface area contributed by atoms with Gasteiger partial charge in [-0.3, -0.25) is 0 Å². The summed E-state index contributed by atoms with van der Waals surface area (Å²) < 4.78 is 12.0. The SMILES string of the molecule is CCOC1=Cc2ccccc2C(c2c(OCC)ccc3ccccc23)C1. The molecule has 2 nitrogen and oxygen atoms in total. The molecule has 1 atom stereocenters. The Kier molecular flexibility index (Phi) is 4.66. The molecule has 0 heterocycles. The van der Waals surface area contributed by atoms with E-state index in [0.717, 1.165) is 17.9 Å². The van der Waals surface area contributed by atoms with Crippen LogP contribution in [0.15, 0.2) is 66.4 Å². The molecule has 0 aliphatic heterocycles. The van der Waals surface area contributed by atoms with Gasteiger partial charge in [0.25, 0.3) is 0 Å². The lowest BCUT2D eigenvalue weighted by Gasteiger charge is -2.28. The molecule has 0 amide bonds. The number of hydrogen-bond donors (Lipinski definition) is 0. The normalized spacial score (nSPS) is 16.1. The van der Waals surface area contributed by atoms with Crippen LogP contribution in [0.25, 0.3) is 16.8 Å². The van der Waals surface area contributed by atoms with E-state index >= 15 is 0 Å². The maximum Gasteiger partial charge on any atom is 0.123 e. The lowest BCUT2D eigenvalue weighted by molar-refractivity contribution is 0.217. The van der Waals surface area contributed by atoms with Gasteiger partial charge in [-0.05, 0) is 47.9 Å². The summed E-state index contributed by atoms with van der Waals surface area (Å²) in [6.07, 6.45) is 3.04. The second-order valence-electron chi connectivity index (χ2n) is 6.56. The van der Waals surface area contributed by atoms with Crippen LogP contribution in [0.1, 0.15) is 42.9 Å². The van der Waals surface area contributed by atoms with E-state index in [-0.39, 0.29) is 5.92 Å². The summed E-state index contributed by atoms with van der Waals surface area (Å²) in [5.41, 5.74) is 3.85. The van der Waals surface area contributed by atoms with Gasteiger partial charge in [-0.2, -0.15) is 0 Å². The number of benzene rings is 3. The fourth-order valence-corrected chi connectivity index (χ4v) is 3.96. The smallest absolute Gasteiger partial charge is 0.123 e. The second kappa shape index (κ2) is 7.25. The molecule has 0 fully saturated rings. The number of hydrogen-bond acceptors (Lipinski definition) is 2. The Bertz CT molecular complexity index is 955. The van der Waals surface area contributed by atoms with Crippen LogP contribution in [0.4, 0.5) is 0 Å². The fourth-order valence-electron chi connectivity index (χ4n) is 3.96. The first kappa shape index (κ1) is 16.7. The number of fused-ring (bicyclic) bond motifs is 2. The first-order valence-corrected chi connectivity index (χ1v) is 9.38. The Morgan fingerprint density at radius 3 is 2.46 bits per heavy atom. The Morgan fingerprint density at radius 1 is 0.846 bits per heavy atom. The lowest BCUT2D eigenvalue weighted by atomic mass is 9.79. The molecule has 0 saturated heterocycles. The topological polar surface area (TPSA) is 18.5 Å². The Balaban J connectivity index is 1.94. The summed E-state index contributed by atoms with van der Waals surface area (Å²) in [4.78, 5) is 0. The first-order chi connectivity index (χ1) is 12.8. The van der Waals surface area contributed by atoms with Gasteiger partial charge in [0.15, 0.2) is 0 Å². The number of allylic oxidation sites excluding steroid dienone is 1. The van der Waals surface area contributed by atoms with Crippen molar-refractivity contribution < 1.29 is 9.47 Å². The highest BCUT2D eigenvalue weighted by molar-refractivity contribution is 5.89. The van der Waals surface area contributed by atoms with E-state index in [1.807, 2.05) is 13.8 Å².